The van der Waals surface area contributed by atoms with E-state index in [-0.39, 0.29) is 5.28 Å². The van der Waals surface area contributed by atoms with Crippen LogP contribution in [0.25, 0.3) is 0 Å². The van der Waals surface area contributed by atoms with Crippen LogP contribution >= 0.6 is 23.4 Å². The molecule has 0 saturated carbocycles. The van der Waals surface area contributed by atoms with Gasteiger partial charge in [0.15, 0.2) is 5.16 Å². The summed E-state index contributed by atoms with van der Waals surface area (Å²) in [6, 6.07) is 1.77. The van der Waals surface area contributed by atoms with Crippen molar-refractivity contribution in [1.82, 2.24) is 24.7 Å². The van der Waals surface area contributed by atoms with Crippen LogP contribution in [-0.4, -0.2) is 24.7 Å². The molecule has 0 atom stereocenters. The van der Waals surface area contributed by atoms with Gasteiger partial charge in [0, 0.05) is 13.2 Å². The predicted octanol–water partition coefficient (Wildman–Crippen LogP) is 1.41. The van der Waals surface area contributed by atoms with Gasteiger partial charge in [0.05, 0.1) is 0 Å². The fraction of sp³-hybridized carbons (Fsp3) is 0.143. The van der Waals surface area contributed by atoms with E-state index in [1.54, 1.807) is 23.2 Å². The summed E-state index contributed by atoms with van der Waals surface area (Å²) in [4.78, 5) is 7.82. The summed E-state index contributed by atoms with van der Waals surface area (Å²) in [6.45, 7) is 0. The second-order valence-electron chi connectivity index (χ2n) is 2.49. The molecule has 0 amide bonds. The summed E-state index contributed by atoms with van der Waals surface area (Å²) < 4.78 is 1.81. The molecule has 0 fully saturated rings. The molecule has 2 aromatic rings. The molecule has 0 aliphatic rings. The molecule has 72 valence electrons. The van der Waals surface area contributed by atoms with Gasteiger partial charge in [0.1, 0.15) is 11.4 Å². The Morgan fingerprint density at radius 1 is 1.50 bits per heavy atom. The molecule has 0 radical (unpaired) electrons. The second kappa shape index (κ2) is 3.93. The fourth-order valence-corrected chi connectivity index (χ4v) is 1.76. The van der Waals surface area contributed by atoms with Crippen LogP contribution in [0.15, 0.2) is 28.8 Å². The van der Waals surface area contributed by atoms with Crippen LogP contribution in [0.5, 0.6) is 0 Å². The molecule has 0 bridgehead atoms. The highest BCUT2D eigenvalue weighted by Crippen LogP contribution is 2.23. The van der Waals surface area contributed by atoms with Gasteiger partial charge in [0.2, 0.25) is 5.28 Å². The van der Waals surface area contributed by atoms with Gasteiger partial charge in [-0.15, -0.1) is 10.2 Å². The lowest BCUT2D eigenvalue weighted by molar-refractivity contribution is 0.787. The molecular formula is C7H6ClN5S. The molecule has 2 heterocycles. The van der Waals surface area contributed by atoms with Crippen LogP contribution in [0.1, 0.15) is 0 Å². The van der Waals surface area contributed by atoms with E-state index in [2.05, 4.69) is 20.2 Å². The van der Waals surface area contributed by atoms with Gasteiger partial charge in [-0.05, 0) is 29.4 Å². The Morgan fingerprint density at radius 2 is 2.36 bits per heavy atom. The lowest BCUT2D eigenvalue weighted by Crippen LogP contribution is -1.90. The number of hydrogen-bond donors (Lipinski definition) is 0. The fourth-order valence-electron chi connectivity index (χ4n) is 0.835. The van der Waals surface area contributed by atoms with Crippen molar-refractivity contribution in [2.24, 2.45) is 7.05 Å². The highest BCUT2D eigenvalue weighted by molar-refractivity contribution is 7.99. The maximum atomic E-state index is 5.65. The first-order valence-electron chi connectivity index (χ1n) is 3.76. The van der Waals surface area contributed by atoms with Crippen molar-refractivity contribution in [3.63, 3.8) is 0 Å². The van der Waals surface area contributed by atoms with Crippen LogP contribution in [0.2, 0.25) is 5.28 Å². The Kier molecular flexibility index (Phi) is 2.64. The SMILES string of the molecule is Cn1cnnc1Sc1ccnc(Cl)n1. The number of aryl methyl sites for hydroxylation is 1. The van der Waals surface area contributed by atoms with E-state index >= 15 is 0 Å². The molecule has 0 aliphatic carbocycles. The van der Waals surface area contributed by atoms with Crippen molar-refractivity contribution < 1.29 is 0 Å². The third-order valence-corrected chi connectivity index (χ3v) is 2.64. The molecule has 0 spiro atoms. The van der Waals surface area contributed by atoms with E-state index in [0.29, 0.717) is 0 Å². The second-order valence-corrected chi connectivity index (χ2v) is 3.82. The van der Waals surface area contributed by atoms with Gasteiger partial charge in [-0.25, -0.2) is 9.97 Å². The van der Waals surface area contributed by atoms with E-state index in [9.17, 15) is 0 Å². The Labute approximate surface area is 89.5 Å². The van der Waals surface area contributed by atoms with E-state index in [0.717, 1.165) is 10.2 Å². The summed E-state index contributed by atoms with van der Waals surface area (Å²) in [6.07, 6.45) is 3.24. The van der Waals surface area contributed by atoms with Gasteiger partial charge in [-0.2, -0.15) is 0 Å². The Bertz CT molecular complexity index is 443. The summed E-state index contributed by atoms with van der Waals surface area (Å²) in [7, 11) is 1.87. The lowest BCUT2D eigenvalue weighted by Gasteiger charge is -1.98. The smallest absolute Gasteiger partial charge is 0.223 e. The molecule has 7 heteroatoms. The number of halogens is 1. The summed E-state index contributed by atoms with van der Waals surface area (Å²) in [5.74, 6) is 0. The van der Waals surface area contributed by atoms with Crippen molar-refractivity contribution in [2.45, 2.75) is 10.2 Å². The molecule has 0 aliphatic heterocycles. The Morgan fingerprint density at radius 3 is 3.00 bits per heavy atom. The monoisotopic (exact) mass is 227 g/mol. The van der Waals surface area contributed by atoms with E-state index in [4.69, 9.17) is 11.6 Å². The molecule has 2 aromatic heterocycles. The Hall–Kier alpha value is -1.14. The van der Waals surface area contributed by atoms with Crippen molar-refractivity contribution >= 4 is 23.4 Å². The van der Waals surface area contributed by atoms with Crippen molar-refractivity contribution in [3.05, 3.63) is 23.9 Å². The van der Waals surface area contributed by atoms with Gasteiger partial charge >= 0.3 is 0 Å². The summed E-state index contributed by atoms with van der Waals surface area (Å²) >= 11 is 7.04. The first-order valence-corrected chi connectivity index (χ1v) is 4.95. The summed E-state index contributed by atoms with van der Waals surface area (Å²) in [5.41, 5.74) is 0. The zero-order valence-electron chi connectivity index (χ0n) is 7.25. The van der Waals surface area contributed by atoms with Crippen LogP contribution in [0, 0.1) is 0 Å². The average Bonchev–Trinajstić information content (AvgIpc) is 2.52. The molecule has 0 saturated heterocycles. The zero-order chi connectivity index (χ0) is 9.97. The molecular weight excluding hydrogens is 222 g/mol. The molecule has 0 aromatic carbocycles. The number of rotatable bonds is 2. The minimum absolute atomic E-state index is 0.233. The minimum Gasteiger partial charge on any atom is -0.311 e. The lowest BCUT2D eigenvalue weighted by atomic mass is 10.7. The zero-order valence-corrected chi connectivity index (χ0v) is 8.83. The van der Waals surface area contributed by atoms with E-state index in [1.165, 1.54) is 11.8 Å². The Balaban J connectivity index is 2.23. The molecule has 0 unspecified atom stereocenters. The largest absolute Gasteiger partial charge is 0.311 e. The van der Waals surface area contributed by atoms with E-state index in [1.807, 2.05) is 7.05 Å². The number of hydrogen-bond acceptors (Lipinski definition) is 5. The normalized spacial score (nSPS) is 10.4. The van der Waals surface area contributed by atoms with Gasteiger partial charge in [-0.3, -0.25) is 0 Å². The third kappa shape index (κ3) is 2.02. The highest BCUT2D eigenvalue weighted by atomic mass is 35.5. The van der Waals surface area contributed by atoms with Gasteiger partial charge in [-0.1, -0.05) is 0 Å². The van der Waals surface area contributed by atoms with Crippen molar-refractivity contribution in [1.29, 1.82) is 0 Å². The van der Waals surface area contributed by atoms with Crippen LogP contribution in [0.3, 0.4) is 0 Å². The molecule has 14 heavy (non-hydrogen) atoms. The van der Waals surface area contributed by atoms with Crippen LogP contribution < -0.4 is 0 Å². The molecule has 0 N–H and O–H groups in total. The van der Waals surface area contributed by atoms with Crippen LogP contribution in [0.4, 0.5) is 0 Å². The molecule has 5 nitrogen and oxygen atoms in total. The maximum absolute atomic E-state index is 5.65. The highest BCUT2D eigenvalue weighted by Gasteiger charge is 2.04. The standard InChI is InChI=1S/C7H6ClN5S/c1-13-4-10-12-7(13)14-5-2-3-9-6(8)11-5/h2-4H,1H3. The first-order chi connectivity index (χ1) is 6.75. The van der Waals surface area contributed by atoms with Gasteiger partial charge < -0.3 is 4.57 Å². The minimum atomic E-state index is 0.233. The topological polar surface area (TPSA) is 56.5 Å². The maximum Gasteiger partial charge on any atom is 0.223 e. The van der Waals surface area contributed by atoms with Crippen molar-refractivity contribution in [3.8, 4) is 0 Å². The molecule has 2 rings (SSSR count). The van der Waals surface area contributed by atoms with Gasteiger partial charge in [0.25, 0.3) is 0 Å². The summed E-state index contributed by atoms with van der Waals surface area (Å²) in [5, 5.41) is 9.42. The average molecular weight is 228 g/mol. The number of nitrogens with zero attached hydrogens (tertiary/aromatic N) is 5. The van der Waals surface area contributed by atoms with Crippen molar-refractivity contribution in [2.75, 3.05) is 0 Å². The first kappa shape index (κ1) is 9.42. The quantitative estimate of drug-likeness (QED) is 0.574. The number of aromatic nitrogens is 5. The third-order valence-electron chi connectivity index (χ3n) is 1.47. The van der Waals surface area contributed by atoms with E-state index < -0.39 is 0 Å². The van der Waals surface area contributed by atoms with Crippen LogP contribution in [-0.2, 0) is 7.05 Å². The predicted molar refractivity (Wildman–Crippen MR) is 52.2 cm³/mol.